The highest BCUT2D eigenvalue weighted by Gasteiger charge is 2.06. The maximum Gasteiger partial charge on any atom is 0.247 e. The van der Waals surface area contributed by atoms with Gasteiger partial charge in [-0.3, -0.25) is 4.98 Å². The van der Waals surface area contributed by atoms with E-state index in [-0.39, 0.29) is 0 Å². The second-order valence-corrected chi connectivity index (χ2v) is 3.78. The maximum atomic E-state index is 4.37. The molecule has 0 N–H and O–H groups in total. The molecule has 0 atom stereocenters. The van der Waals surface area contributed by atoms with Crippen molar-refractivity contribution in [3.05, 3.63) is 67.5 Å². The van der Waals surface area contributed by atoms with E-state index in [1.54, 1.807) is 12.4 Å². The standard InChI is InChI=1S/C14H11N4/c1-2-8-18(9-3-1)13-10-16-14(17-11-13)12-4-6-15-7-5-12/h1-11H/q+1. The van der Waals surface area contributed by atoms with E-state index in [0.717, 1.165) is 11.3 Å². The average molecular weight is 235 g/mol. The minimum atomic E-state index is 0.706. The van der Waals surface area contributed by atoms with Crippen LogP contribution in [0.25, 0.3) is 17.1 Å². The lowest BCUT2D eigenvalue weighted by Gasteiger charge is -1.99. The van der Waals surface area contributed by atoms with Gasteiger partial charge >= 0.3 is 0 Å². The zero-order chi connectivity index (χ0) is 12.2. The van der Waals surface area contributed by atoms with Gasteiger partial charge in [0.1, 0.15) is 12.4 Å². The van der Waals surface area contributed by atoms with Gasteiger partial charge in [-0.2, -0.15) is 4.57 Å². The molecule has 0 aromatic carbocycles. The smallest absolute Gasteiger partial charge is 0.247 e. The van der Waals surface area contributed by atoms with Crippen molar-refractivity contribution in [3.8, 4) is 17.1 Å². The zero-order valence-electron chi connectivity index (χ0n) is 9.64. The van der Waals surface area contributed by atoms with Crippen LogP contribution in [0.2, 0.25) is 0 Å². The molecule has 3 rings (SSSR count). The molecular weight excluding hydrogens is 224 g/mol. The molecule has 4 nitrogen and oxygen atoms in total. The number of pyridine rings is 2. The lowest BCUT2D eigenvalue weighted by molar-refractivity contribution is -0.596. The molecule has 0 aliphatic carbocycles. The lowest BCUT2D eigenvalue weighted by Crippen LogP contribution is -2.29. The van der Waals surface area contributed by atoms with Crippen LogP contribution in [0.1, 0.15) is 0 Å². The Bertz CT molecular complexity index is 562. The summed E-state index contributed by atoms with van der Waals surface area (Å²) in [4.78, 5) is 12.7. The first-order valence-corrected chi connectivity index (χ1v) is 5.62. The van der Waals surface area contributed by atoms with E-state index in [2.05, 4.69) is 15.0 Å². The Balaban J connectivity index is 1.95. The van der Waals surface area contributed by atoms with Gasteiger partial charge < -0.3 is 0 Å². The van der Waals surface area contributed by atoms with Gasteiger partial charge in [-0.05, 0) is 12.1 Å². The van der Waals surface area contributed by atoms with Crippen molar-refractivity contribution in [2.24, 2.45) is 0 Å². The Kier molecular flexibility index (Phi) is 2.75. The highest BCUT2D eigenvalue weighted by Crippen LogP contribution is 2.11. The van der Waals surface area contributed by atoms with Gasteiger partial charge in [0.05, 0.1) is 0 Å². The van der Waals surface area contributed by atoms with Crippen LogP contribution in [0.4, 0.5) is 0 Å². The van der Waals surface area contributed by atoms with E-state index in [4.69, 9.17) is 0 Å². The number of hydrogen-bond acceptors (Lipinski definition) is 3. The summed E-state index contributed by atoms with van der Waals surface area (Å²) in [6, 6.07) is 9.70. The largest absolute Gasteiger partial charge is 0.265 e. The van der Waals surface area contributed by atoms with Gasteiger partial charge in [-0.25, -0.2) is 9.97 Å². The quantitative estimate of drug-likeness (QED) is 0.636. The molecule has 0 spiro atoms. The van der Waals surface area contributed by atoms with Gasteiger partial charge in [0, 0.05) is 30.1 Å². The lowest BCUT2D eigenvalue weighted by atomic mass is 10.2. The Hall–Kier alpha value is -2.62. The summed E-state index contributed by atoms with van der Waals surface area (Å²) in [5.74, 6) is 0.706. The van der Waals surface area contributed by atoms with Crippen molar-refractivity contribution < 1.29 is 4.57 Å². The van der Waals surface area contributed by atoms with Crippen molar-refractivity contribution in [1.29, 1.82) is 0 Å². The van der Waals surface area contributed by atoms with Gasteiger partial charge in [-0.15, -0.1) is 0 Å². The van der Waals surface area contributed by atoms with E-state index in [9.17, 15) is 0 Å². The van der Waals surface area contributed by atoms with Crippen molar-refractivity contribution in [3.63, 3.8) is 0 Å². The molecule has 0 bridgehead atoms. The summed E-state index contributed by atoms with van der Waals surface area (Å²) in [5.41, 5.74) is 1.91. The number of aromatic nitrogens is 4. The predicted octanol–water partition coefficient (Wildman–Crippen LogP) is 1.82. The molecule has 0 saturated carbocycles. The molecule has 0 aliphatic heterocycles. The molecule has 0 fully saturated rings. The second kappa shape index (κ2) is 4.71. The SMILES string of the molecule is c1cc[n+](-c2cnc(-c3ccncc3)nc2)cc1. The molecule has 3 heterocycles. The Morgan fingerprint density at radius 3 is 2.17 bits per heavy atom. The van der Waals surface area contributed by atoms with E-state index >= 15 is 0 Å². The number of hydrogen-bond donors (Lipinski definition) is 0. The fourth-order valence-corrected chi connectivity index (χ4v) is 1.68. The fourth-order valence-electron chi connectivity index (χ4n) is 1.68. The second-order valence-electron chi connectivity index (χ2n) is 3.78. The third-order valence-electron chi connectivity index (χ3n) is 2.59. The highest BCUT2D eigenvalue weighted by atomic mass is 15.0. The first kappa shape index (κ1) is 10.5. The third kappa shape index (κ3) is 2.08. The van der Waals surface area contributed by atoms with Crippen LogP contribution in [0, 0.1) is 0 Å². The van der Waals surface area contributed by atoms with Crippen molar-refractivity contribution in [2.75, 3.05) is 0 Å². The molecule has 0 radical (unpaired) electrons. The molecular formula is C14H11N4+. The predicted molar refractivity (Wildman–Crippen MR) is 66.8 cm³/mol. The summed E-state index contributed by atoms with van der Waals surface area (Å²) < 4.78 is 1.97. The molecule has 0 amide bonds. The molecule has 18 heavy (non-hydrogen) atoms. The van der Waals surface area contributed by atoms with E-state index in [1.807, 2.05) is 59.7 Å². The molecule has 0 saturated heterocycles. The van der Waals surface area contributed by atoms with Gasteiger partial charge in [-0.1, -0.05) is 6.07 Å². The fraction of sp³-hybridized carbons (Fsp3) is 0. The van der Waals surface area contributed by atoms with Crippen LogP contribution in [-0.4, -0.2) is 15.0 Å². The van der Waals surface area contributed by atoms with Crippen molar-refractivity contribution in [2.45, 2.75) is 0 Å². The molecule has 86 valence electrons. The van der Waals surface area contributed by atoms with Gasteiger partial charge in [0.25, 0.3) is 0 Å². The Labute approximate surface area is 105 Å². The normalized spacial score (nSPS) is 10.2. The summed E-state index contributed by atoms with van der Waals surface area (Å²) in [6.07, 6.45) is 11.0. The maximum absolute atomic E-state index is 4.37. The highest BCUT2D eigenvalue weighted by molar-refractivity contribution is 5.53. The summed E-state index contributed by atoms with van der Waals surface area (Å²) in [5, 5.41) is 0. The molecule has 0 unspecified atom stereocenters. The summed E-state index contributed by atoms with van der Waals surface area (Å²) >= 11 is 0. The molecule has 3 aromatic rings. The van der Waals surface area contributed by atoms with Crippen LogP contribution in [0.3, 0.4) is 0 Å². The van der Waals surface area contributed by atoms with Crippen LogP contribution in [-0.2, 0) is 0 Å². The minimum Gasteiger partial charge on any atom is -0.265 e. The first-order valence-electron chi connectivity index (χ1n) is 5.62. The third-order valence-corrected chi connectivity index (χ3v) is 2.59. The van der Waals surface area contributed by atoms with Crippen LogP contribution >= 0.6 is 0 Å². The summed E-state index contributed by atoms with van der Waals surface area (Å²) in [6.45, 7) is 0. The molecule has 0 aliphatic rings. The van der Waals surface area contributed by atoms with E-state index < -0.39 is 0 Å². The average Bonchev–Trinajstić information content (AvgIpc) is 2.49. The first-order chi connectivity index (χ1) is 8.93. The summed E-state index contributed by atoms with van der Waals surface area (Å²) in [7, 11) is 0. The van der Waals surface area contributed by atoms with Gasteiger partial charge in [0.2, 0.25) is 5.69 Å². The number of nitrogens with zero attached hydrogens (tertiary/aromatic N) is 4. The van der Waals surface area contributed by atoms with Gasteiger partial charge in [0.15, 0.2) is 18.2 Å². The van der Waals surface area contributed by atoms with E-state index in [1.165, 1.54) is 0 Å². The van der Waals surface area contributed by atoms with E-state index in [0.29, 0.717) is 5.82 Å². The van der Waals surface area contributed by atoms with Crippen LogP contribution in [0.15, 0.2) is 67.5 Å². The molecule has 3 aromatic heterocycles. The van der Waals surface area contributed by atoms with Crippen LogP contribution < -0.4 is 4.57 Å². The topological polar surface area (TPSA) is 42.5 Å². The van der Waals surface area contributed by atoms with Crippen molar-refractivity contribution >= 4 is 0 Å². The van der Waals surface area contributed by atoms with Crippen LogP contribution in [0.5, 0.6) is 0 Å². The number of rotatable bonds is 2. The zero-order valence-corrected chi connectivity index (χ0v) is 9.64. The Morgan fingerprint density at radius 2 is 1.50 bits per heavy atom. The monoisotopic (exact) mass is 235 g/mol. The Morgan fingerprint density at radius 1 is 0.833 bits per heavy atom. The molecule has 4 heteroatoms. The van der Waals surface area contributed by atoms with Crippen molar-refractivity contribution in [1.82, 2.24) is 15.0 Å². The minimum absolute atomic E-state index is 0.706.